The van der Waals surface area contributed by atoms with Crippen molar-refractivity contribution in [3.8, 4) is 0 Å². The van der Waals surface area contributed by atoms with Gasteiger partial charge in [-0.2, -0.15) is 0 Å². The molecule has 78 valence electrons. The van der Waals surface area contributed by atoms with Gasteiger partial charge in [-0.3, -0.25) is 0 Å². The van der Waals surface area contributed by atoms with E-state index in [4.69, 9.17) is 8.83 Å². The minimum Gasteiger partial charge on any atom is -0.467 e. The predicted molar refractivity (Wildman–Crippen MR) is 55.7 cm³/mol. The quantitative estimate of drug-likeness (QED) is 0.773. The molecule has 1 atom stereocenters. The van der Waals surface area contributed by atoms with Crippen LogP contribution >= 0.6 is 0 Å². The average Bonchev–Trinajstić information content (AvgIpc) is 2.84. The van der Waals surface area contributed by atoms with Gasteiger partial charge in [0.2, 0.25) is 0 Å². The summed E-state index contributed by atoms with van der Waals surface area (Å²) in [6, 6.07) is 6.11. The van der Waals surface area contributed by atoms with Crippen LogP contribution in [-0.4, -0.2) is 6.54 Å². The summed E-state index contributed by atoms with van der Waals surface area (Å²) >= 11 is 0. The van der Waals surface area contributed by atoms with Gasteiger partial charge in [0, 0.05) is 6.54 Å². The Morgan fingerprint density at radius 1 is 1.33 bits per heavy atom. The fourth-order valence-corrected chi connectivity index (χ4v) is 2.09. The number of fused-ring (bicyclic) bond motifs is 1. The first-order valence-electron chi connectivity index (χ1n) is 5.20. The van der Waals surface area contributed by atoms with Gasteiger partial charge in [0.05, 0.1) is 6.26 Å². The van der Waals surface area contributed by atoms with Crippen molar-refractivity contribution in [2.24, 2.45) is 0 Å². The number of aryl methyl sites for hydroxylation is 1. The van der Waals surface area contributed by atoms with E-state index in [-0.39, 0.29) is 6.04 Å². The maximum Gasteiger partial charge on any atom is 0.131 e. The molecular weight excluding hydrogens is 190 g/mol. The molecule has 0 radical (unpaired) electrons. The zero-order valence-corrected chi connectivity index (χ0v) is 8.62. The second kappa shape index (κ2) is 3.28. The molecule has 3 heteroatoms. The van der Waals surface area contributed by atoms with E-state index in [1.54, 1.807) is 6.26 Å². The normalized spacial score (nSPS) is 20.2. The Morgan fingerprint density at radius 2 is 2.27 bits per heavy atom. The van der Waals surface area contributed by atoms with Crippen LogP contribution in [-0.2, 0) is 6.42 Å². The summed E-state index contributed by atoms with van der Waals surface area (Å²) in [5.74, 6) is 2.87. The second-order valence-corrected chi connectivity index (χ2v) is 3.90. The highest BCUT2D eigenvalue weighted by Gasteiger charge is 2.26. The Labute approximate surface area is 88.1 Å². The van der Waals surface area contributed by atoms with Crippen molar-refractivity contribution >= 4 is 0 Å². The van der Waals surface area contributed by atoms with Crippen molar-refractivity contribution in [3.63, 3.8) is 0 Å². The lowest BCUT2D eigenvalue weighted by atomic mass is 10.0. The van der Waals surface area contributed by atoms with Gasteiger partial charge >= 0.3 is 0 Å². The Bertz CT molecular complexity index is 469. The van der Waals surface area contributed by atoms with Crippen LogP contribution in [0.4, 0.5) is 0 Å². The Hall–Kier alpha value is -1.48. The van der Waals surface area contributed by atoms with Gasteiger partial charge in [0.25, 0.3) is 0 Å². The summed E-state index contributed by atoms with van der Waals surface area (Å²) in [4.78, 5) is 0. The molecule has 0 saturated carbocycles. The van der Waals surface area contributed by atoms with Crippen molar-refractivity contribution in [1.29, 1.82) is 0 Å². The third kappa shape index (κ3) is 1.39. The van der Waals surface area contributed by atoms with Gasteiger partial charge < -0.3 is 14.2 Å². The SMILES string of the molecule is Cc1ccc(C2NCCc3ccoc32)o1. The fraction of sp³-hybridized carbons (Fsp3) is 0.333. The number of rotatable bonds is 1. The molecule has 0 amide bonds. The van der Waals surface area contributed by atoms with Crippen molar-refractivity contribution in [3.05, 3.63) is 47.3 Å². The molecule has 0 spiro atoms. The summed E-state index contributed by atoms with van der Waals surface area (Å²) in [7, 11) is 0. The highest BCUT2D eigenvalue weighted by atomic mass is 16.4. The lowest BCUT2D eigenvalue weighted by molar-refractivity contribution is 0.367. The first-order valence-corrected chi connectivity index (χ1v) is 5.20. The van der Waals surface area contributed by atoms with Gasteiger partial charge in [0.1, 0.15) is 23.3 Å². The van der Waals surface area contributed by atoms with E-state index in [1.165, 1.54) is 5.56 Å². The van der Waals surface area contributed by atoms with E-state index in [2.05, 4.69) is 5.32 Å². The van der Waals surface area contributed by atoms with E-state index >= 15 is 0 Å². The molecule has 3 heterocycles. The van der Waals surface area contributed by atoms with E-state index < -0.39 is 0 Å². The van der Waals surface area contributed by atoms with Crippen LogP contribution in [0.1, 0.15) is 28.9 Å². The standard InChI is InChI=1S/C12H13NO2/c1-8-2-3-10(15-8)11-12-9(4-6-13-11)5-7-14-12/h2-3,5,7,11,13H,4,6H2,1H3. The Balaban J connectivity index is 2.02. The molecule has 3 nitrogen and oxygen atoms in total. The maximum atomic E-state index is 5.63. The summed E-state index contributed by atoms with van der Waals surface area (Å²) in [5, 5.41) is 3.40. The summed E-state index contributed by atoms with van der Waals surface area (Å²) in [5.41, 5.74) is 1.29. The zero-order valence-electron chi connectivity index (χ0n) is 8.62. The molecule has 2 aromatic heterocycles. The lowest BCUT2D eigenvalue weighted by Gasteiger charge is -2.20. The molecule has 0 saturated heterocycles. The first-order chi connectivity index (χ1) is 7.34. The molecule has 1 aliphatic rings. The van der Waals surface area contributed by atoms with Crippen LogP contribution in [0.25, 0.3) is 0 Å². The lowest BCUT2D eigenvalue weighted by Crippen LogP contribution is -2.29. The van der Waals surface area contributed by atoms with Crippen LogP contribution in [0.15, 0.2) is 33.3 Å². The van der Waals surface area contributed by atoms with E-state index in [1.807, 2.05) is 25.1 Å². The monoisotopic (exact) mass is 203 g/mol. The van der Waals surface area contributed by atoms with E-state index in [0.717, 1.165) is 30.2 Å². The topological polar surface area (TPSA) is 38.3 Å². The average molecular weight is 203 g/mol. The minimum atomic E-state index is 0.0810. The fourth-order valence-electron chi connectivity index (χ4n) is 2.09. The molecule has 1 unspecified atom stereocenters. The molecule has 0 bridgehead atoms. The van der Waals surface area contributed by atoms with Crippen molar-refractivity contribution < 1.29 is 8.83 Å². The molecule has 0 fully saturated rings. The molecule has 0 aliphatic carbocycles. The minimum absolute atomic E-state index is 0.0810. The third-order valence-electron chi connectivity index (χ3n) is 2.83. The summed E-state index contributed by atoms with van der Waals surface area (Å²) in [6.45, 7) is 2.92. The molecular formula is C12H13NO2. The Morgan fingerprint density at radius 3 is 3.07 bits per heavy atom. The van der Waals surface area contributed by atoms with Crippen molar-refractivity contribution in [1.82, 2.24) is 5.32 Å². The van der Waals surface area contributed by atoms with E-state index in [0.29, 0.717) is 0 Å². The van der Waals surface area contributed by atoms with Gasteiger partial charge in [-0.05, 0) is 37.1 Å². The molecule has 2 aromatic rings. The third-order valence-corrected chi connectivity index (χ3v) is 2.83. The molecule has 3 rings (SSSR count). The van der Waals surface area contributed by atoms with Gasteiger partial charge in [-0.1, -0.05) is 0 Å². The largest absolute Gasteiger partial charge is 0.467 e. The molecule has 15 heavy (non-hydrogen) atoms. The first kappa shape index (κ1) is 8.80. The molecule has 1 aliphatic heterocycles. The zero-order chi connectivity index (χ0) is 10.3. The van der Waals surface area contributed by atoms with Crippen LogP contribution < -0.4 is 5.32 Å². The number of furan rings is 2. The number of nitrogens with one attached hydrogen (secondary N) is 1. The van der Waals surface area contributed by atoms with Crippen molar-refractivity contribution in [2.75, 3.05) is 6.54 Å². The predicted octanol–water partition coefficient (Wildman–Crippen LogP) is 2.42. The van der Waals surface area contributed by atoms with Crippen LogP contribution in [0.5, 0.6) is 0 Å². The van der Waals surface area contributed by atoms with Gasteiger partial charge in [-0.25, -0.2) is 0 Å². The maximum absolute atomic E-state index is 5.63. The Kier molecular flexibility index (Phi) is 1.92. The summed E-state index contributed by atoms with van der Waals surface area (Å²) in [6.07, 6.45) is 2.78. The molecule has 1 N–H and O–H groups in total. The smallest absolute Gasteiger partial charge is 0.131 e. The van der Waals surface area contributed by atoms with Gasteiger partial charge in [0.15, 0.2) is 0 Å². The molecule has 0 aromatic carbocycles. The van der Waals surface area contributed by atoms with Crippen molar-refractivity contribution in [2.45, 2.75) is 19.4 Å². The summed E-state index contributed by atoms with van der Waals surface area (Å²) < 4.78 is 11.1. The van der Waals surface area contributed by atoms with Crippen LogP contribution in [0.2, 0.25) is 0 Å². The number of hydrogen-bond acceptors (Lipinski definition) is 3. The van der Waals surface area contributed by atoms with Gasteiger partial charge in [-0.15, -0.1) is 0 Å². The van der Waals surface area contributed by atoms with Crippen LogP contribution in [0.3, 0.4) is 0 Å². The highest BCUT2D eigenvalue weighted by Crippen LogP contribution is 2.30. The highest BCUT2D eigenvalue weighted by molar-refractivity contribution is 5.29. The van der Waals surface area contributed by atoms with E-state index in [9.17, 15) is 0 Å². The second-order valence-electron chi connectivity index (χ2n) is 3.90. The number of hydrogen-bond donors (Lipinski definition) is 1. The van der Waals surface area contributed by atoms with Crippen LogP contribution in [0, 0.1) is 6.92 Å².